The summed E-state index contributed by atoms with van der Waals surface area (Å²) in [7, 11) is 0. The third-order valence-corrected chi connectivity index (χ3v) is 3.77. The molecule has 4 aromatic rings. The Kier molecular flexibility index (Phi) is 3.56. The van der Waals surface area contributed by atoms with Crippen molar-refractivity contribution in [3.8, 4) is 11.5 Å². The summed E-state index contributed by atoms with van der Waals surface area (Å²) < 4.78 is 28.2. The van der Waals surface area contributed by atoms with Crippen molar-refractivity contribution in [2.75, 3.05) is 0 Å². The highest BCUT2D eigenvalue weighted by atomic mass is 19.2. The van der Waals surface area contributed by atoms with Crippen LogP contribution in [0.3, 0.4) is 0 Å². The van der Waals surface area contributed by atoms with Gasteiger partial charge in [-0.3, -0.25) is 9.89 Å². The van der Waals surface area contributed by atoms with E-state index in [1.165, 1.54) is 22.7 Å². The van der Waals surface area contributed by atoms with Gasteiger partial charge >= 0.3 is 0 Å². The Morgan fingerprint density at radius 3 is 2.84 bits per heavy atom. The number of aromatic nitrogens is 7. The molecule has 0 radical (unpaired) electrons. The Balaban J connectivity index is 1.64. The molecule has 0 fully saturated rings. The van der Waals surface area contributed by atoms with Crippen LogP contribution in [0.2, 0.25) is 0 Å². The van der Waals surface area contributed by atoms with Crippen LogP contribution in [0.5, 0.6) is 0 Å². The van der Waals surface area contributed by atoms with E-state index in [-0.39, 0.29) is 17.5 Å². The second-order valence-corrected chi connectivity index (χ2v) is 5.40. The summed E-state index contributed by atoms with van der Waals surface area (Å²) in [5.74, 6) is -1.47. The number of nitrogens with one attached hydrogen (secondary N) is 2. The Morgan fingerprint density at radius 1 is 1.16 bits per heavy atom. The largest absolute Gasteiger partial charge is 0.286 e. The molecule has 0 atom stereocenters. The van der Waals surface area contributed by atoms with Crippen LogP contribution in [0.4, 0.5) is 8.78 Å². The van der Waals surface area contributed by atoms with Gasteiger partial charge in [0.05, 0.1) is 0 Å². The van der Waals surface area contributed by atoms with E-state index in [9.17, 15) is 13.6 Å². The average molecular weight is 343 g/mol. The van der Waals surface area contributed by atoms with Gasteiger partial charge in [-0.2, -0.15) is 5.21 Å². The predicted octanol–water partition coefficient (Wildman–Crippen LogP) is 1.27. The van der Waals surface area contributed by atoms with E-state index in [0.29, 0.717) is 29.3 Å². The monoisotopic (exact) mass is 343 g/mol. The highest BCUT2D eigenvalue weighted by Crippen LogP contribution is 2.15. The van der Waals surface area contributed by atoms with Crippen molar-refractivity contribution in [1.29, 1.82) is 0 Å². The maximum Gasteiger partial charge on any atom is 0.272 e. The summed E-state index contributed by atoms with van der Waals surface area (Å²) >= 11 is 0. The van der Waals surface area contributed by atoms with E-state index in [1.54, 1.807) is 6.07 Å². The van der Waals surface area contributed by atoms with Gasteiger partial charge in [0.1, 0.15) is 5.69 Å². The third kappa shape index (κ3) is 2.77. The molecule has 3 heterocycles. The molecule has 8 nitrogen and oxygen atoms in total. The number of halogens is 2. The summed E-state index contributed by atoms with van der Waals surface area (Å²) in [4.78, 5) is 16.6. The lowest BCUT2D eigenvalue weighted by Crippen LogP contribution is -2.16. The summed E-state index contributed by atoms with van der Waals surface area (Å²) in [5.41, 5.74) is 1.25. The molecular formula is C15H11F2N7O. The number of aryl methyl sites for hydroxylation is 2. The van der Waals surface area contributed by atoms with Gasteiger partial charge in [-0.25, -0.2) is 18.3 Å². The molecule has 0 unspecified atom stereocenters. The zero-order valence-electron chi connectivity index (χ0n) is 12.7. The maximum absolute atomic E-state index is 13.7. The molecule has 0 aliphatic heterocycles. The summed E-state index contributed by atoms with van der Waals surface area (Å²) in [6, 6.07) is 6.98. The van der Waals surface area contributed by atoms with Gasteiger partial charge in [-0.1, -0.05) is 12.1 Å². The first-order valence-corrected chi connectivity index (χ1v) is 7.40. The minimum Gasteiger partial charge on any atom is -0.286 e. The van der Waals surface area contributed by atoms with Crippen LogP contribution in [-0.2, 0) is 12.8 Å². The van der Waals surface area contributed by atoms with Gasteiger partial charge in [-0.15, -0.1) is 10.2 Å². The number of benzene rings is 1. The van der Waals surface area contributed by atoms with Gasteiger partial charge < -0.3 is 0 Å². The van der Waals surface area contributed by atoms with Crippen LogP contribution in [0.15, 0.2) is 35.1 Å². The fourth-order valence-electron chi connectivity index (χ4n) is 2.56. The minimum absolute atomic E-state index is 0.230. The predicted molar refractivity (Wildman–Crippen MR) is 82.8 cm³/mol. The number of nitrogens with zero attached hydrogens (tertiary/aromatic N) is 5. The van der Waals surface area contributed by atoms with Crippen molar-refractivity contribution in [3.63, 3.8) is 0 Å². The molecule has 0 aliphatic rings. The van der Waals surface area contributed by atoms with Crippen LogP contribution < -0.4 is 5.56 Å². The smallest absolute Gasteiger partial charge is 0.272 e. The average Bonchev–Trinajstić information content (AvgIpc) is 3.25. The van der Waals surface area contributed by atoms with Crippen LogP contribution in [0.25, 0.3) is 17.2 Å². The third-order valence-electron chi connectivity index (χ3n) is 3.77. The second kappa shape index (κ2) is 5.89. The number of rotatable bonds is 4. The molecule has 0 saturated carbocycles. The summed E-state index contributed by atoms with van der Waals surface area (Å²) in [5, 5.41) is 16.3. The Hall–Kier alpha value is -3.43. The molecule has 126 valence electrons. The first-order valence-electron chi connectivity index (χ1n) is 7.40. The number of fused-ring (bicyclic) bond motifs is 1. The Bertz CT molecular complexity index is 1100. The lowest BCUT2D eigenvalue weighted by atomic mass is 10.1. The van der Waals surface area contributed by atoms with Crippen LogP contribution in [0.1, 0.15) is 11.3 Å². The quantitative estimate of drug-likeness (QED) is 0.580. The summed E-state index contributed by atoms with van der Waals surface area (Å²) in [6.45, 7) is 0. The molecule has 4 rings (SSSR count). The maximum atomic E-state index is 13.7. The molecule has 1 aromatic carbocycles. The molecule has 0 amide bonds. The molecule has 0 saturated heterocycles. The fourth-order valence-corrected chi connectivity index (χ4v) is 2.56. The van der Waals surface area contributed by atoms with Crippen molar-refractivity contribution in [2.24, 2.45) is 0 Å². The SMILES string of the molecule is O=c1cc(CCc2cccc(F)c2F)nc2cc(-c3nn[nH]n3)[nH]n12. The van der Waals surface area contributed by atoms with E-state index in [4.69, 9.17) is 0 Å². The first-order chi connectivity index (χ1) is 12.1. The normalized spacial score (nSPS) is 11.3. The van der Waals surface area contributed by atoms with Gasteiger partial charge in [0.25, 0.3) is 5.56 Å². The lowest BCUT2D eigenvalue weighted by Gasteiger charge is -2.04. The number of H-pyrrole nitrogens is 2. The molecule has 0 spiro atoms. The van der Waals surface area contributed by atoms with Crippen molar-refractivity contribution >= 4 is 5.65 Å². The van der Waals surface area contributed by atoms with Gasteiger partial charge in [0, 0.05) is 17.8 Å². The van der Waals surface area contributed by atoms with Gasteiger partial charge in [0.15, 0.2) is 17.3 Å². The highest BCUT2D eigenvalue weighted by molar-refractivity contribution is 5.56. The lowest BCUT2D eigenvalue weighted by molar-refractivity contribution is 0.498. The molecule has 0 aliphatic carbocycles. The molecule has 25 heavy (non-hydrogen) atoms. The standard InChI is InChI=1S/C15H11F2N7O/c16-10-3-1-2-8(14(10)17)4-5-9-6-13(25)24-12(18-9)7-11(21-24)15-19-22-23-20-15/h1-3,6-7,21H,4-5H2,(H,19,20,22,23). The molecular weight excluding hydrogens is 332 g/mol. The van der Waals surface area contributed by atoms with Gasteiger partial charge in [0.2, 0.25) is 5.82 Å². The van der Waals surface area contributed by atoms with Crippen molar-refractivity contribution in [1.82, 2.24) is 35.2 Å². The summed E-state index contributed by atoms with van der Waals surface area (Å²) in [6.07, 6.45) is 0.531. The molecule has 2 N–H and O–H groups in total. The Morgan fingerprint density at radius 2 is 2.04 bits per heavy atom. The van der Waals surface area contributed by atoms with Crippen LogP contribution in [0, 0.1) is 11.6 Å². The van der Waals surface area contributed by atoms with Crippen molar-refractivity contribution in [3.05, 3.63) is 63.6 Å². The van der Waals surface area contributed by atoms with E-state index in [0.717, 1.165) is 6.07 Å². The van der Waals surface area contributed by atoms with Crippen LogP contribution in [-0.4, -0.2) is 35.2 Å². The molecule has 3 aromatic heterocycles. The second-order valence-electron chi connectivity index (χ2n) is 5.40. The van der Waals surface area contributed by atoms with E-state index < -0.39 is 11.6 Å². The minimum atomic E-state index is -0.892. The number of hydrogen-bond donors (Lipinski definition) is 2. The van der Waals surface area contributed by atoms with E-state index >= 15 is 0 Å². The zero-order valence-corrected chi connectivity index (χ0v) is 12.7. The van der Waals surface area contributed by atoms with Crippen molar-refractivity contribution < 1.29 is 8.78 Å². The van der Waals surface area contributed by atoms with E-state index in [1.807, 2.05) is 0 Å². The first kappa shape index (κ1) is 15.1. The number of tetrazole rings is 1. The Labute approximate surface area is 138 Å². The topological polar surface area (TPSA) is 105 Å². The molecule has 10 heteroatoms. The van der Waals surface area contributed by atoms with Crippen molar-refractivity contribution in [2.45, 2.75) is 12.8 Å². The molecule has 0 bridgehead atoms. The van der Waals surface area contributed by atoms with Gasteiger partial charge in [-0.05, 0) is 29.7 Å². The highest BCUT2D eigenvalue weighted by Gasteiger charge is 2.12. The number of aromatic amines is 2. The van der Waals surface area contributed by atoms with Crippen LogP contribution >= 0.6 is 0 Å². The zero-order chi connectivity index (χ0) is 17.4. The van der Waals surface area contributed by atoms with E-state index in [2.05, 4.69) is 30.7 Å². The fraction of sp³-hybridized carbons (Fsp3) is 0.133. The number of hydrogen-bond acceptors (Lipinski definition) is 5.